The summed E-state index contributed by atoms with van der Waals surface area (Å²) in [6.07, 6.45) is 4.62. The molecule has 7 nitrogen and oxygen atoms in total. The van der Waals surface area contributed by atoms with Crippen molar-refractivity contribution in [3.05, 3.63) is 65.2 Å². The Morgan fingerprint density at radius 1 is 1.00 bits per heavy atom. The van der Waals surface area contributed by atoms with Crippen molar-refractivity contribution in [2.24, 2.45) is 0 Å². The molecule has 4 rings (SSSR count). The average Bonchev–Trinajstić information content (AvgIpc) is 2.92. The molecule has 2 unspecified atom stereocenters. The zero-order valence-electron chi connectivity index (χ0n) is 20.8. The Labute approximate surface area is 207 Å². The van der Waals surface area contributed by atoms with E-state index in [-0.39, 0.29) is 18.3 Å². The minimum Gasteiger partial charge on any atom is -0.493 e. The van der Waals surface area contributed by atoms with Gasteiger partial charge in [-0.05, 0) is 41.7 Å². The summed E-state index contributed by atoms with van der Waals surface area (Å²) in [5.41, 5.74) is 3.57. The second-order valence-electron chi connectivity index (χ2n) is 8.73. The van der Waals surface area contributed by atoms with Crippen LogP contribution in [0.25, 0.3) is 5.57 Å². The van der Waals surface area contributed by atoms with Crippen molar-refractivity contribution in [1.82, 2.24) is 4.90 Å². The first-order chi connectivity index (χ1) is 17.1. The highest BCUT2D eigenvalue weighted by Crippen LogP contribution is 2.34. The summed E-state index contributed by atoms with van der Waals surface area (Å²) in [5, 5.41) is 0. The Morgan fingerprint density at radius 2 is 1.71 bits per heavy atom. The lowest BCUT2D eigenvalue weighted by Gasteiger charge is -2.30. The number of ether oxygens (including phenoxy) is 5. The highest BCUT2D eigenvalue weighted by atomic mass is 16.7. The largest absolute Gasteiger partial charge is 0.493 e. The van der Waals surface area contributed by atoms with Crippen LogP contribution in [0.3, 0.4) is 0 Å². The minimum absolute atomic E-state index is 0.0384. The summed E-state index contributed by atoms with van der Waals surface area (Å²) in [7, 11) is 3.21. The maximum Gasteiger partial charge on any atom is 0.247 e. The van der Waals surface area contributed by atoms with E-state index in [1.165, 1.54) is 0 Å². The SMILES string of the molecule is CCCC1CCOC(c2ccc(C(=CC(=O)N3CCOCC3)c3ccc(OC)c(OC)c3)cc2)O1. The molecular weight excluding hydrogens is 446 g/mol. The number of morpholine rings is 1. The molecule has 0 aliphatic carbocycles. The Kier molecular flexibility index (Phi) is 8.79. The normalized spacial score (nSPS) is 21.0. The second-order valence-corrected chi connectivity index (χ2v) is 8.73. The van der Waals surface area contributed by atoms with Crippen LogP contribution < -0.4 is 9.47 Å². The van der Waals surface area contributed by atoms with E-state index in [9.17, 15) is 4.79 Å². The van der Waals surface area contributed by atoms with Crippen LogP contribution in [0.15, 0.2) is 48.5 Å². The van der Waals surface area contributed by atoms with Gasteiger partial charge in [0.15, 0.2) is 17.8 Å². The fourth-order valence-electron chi connectivity index (χ4n) is 4.45. The summed E-state index contributed by atoms with van der Waals surface area (Å²) in [6.45, 7) is 5.15. The third-order valence-corrected chi connectivity index (χ3v) is 6.41. The summed E-state index contributed by atoms with van der Waals surface area (Å²) >= 11 is 0. The summed E-state index contributed by atoms with van der Waals surface area (Å²) in [4.78, 5) is 15.0. The zero-order valence-corrected chi connectivity index (χ0v) is 20.8. The molecule has 188 valence electrons. The number of carbonyl (C=O) groups is 1. The Bertz CT molecular complexity index is 1010. The molecule has 2 saturated heterocycles. The predicted molar refractivity (Wildman–Crippen MR) is 134 cm³/mol. The molecule has 1 amide bonds. The van der Waals surface area contributed by atoms with Gasteiger partial charge in [0, 0.05) is 24.7 Å². The highest BCUT2D eigenvalue weighted by molar-refractivity contribution is 5.99. The lowest BCUT2D eigenvalue weighted by atomic mass is 9.95. The molecule has 0 radical (unpaired) electrons. The van der Waals surface area contributed by atoms with Gasteiger partial charge < -0.3 is 28.6 Å². The predicted octanol–water partition coefficient (Wildman–Crippen LogP) is 4.60. The Morgan fingerprint density at radius 3 is 2.40 bits per heavy atom. The zero-order chi connectivity index (χ0) is 24.6. The summed E-state index contributed by atoms with van der Waals surface area (Å²) in [6, 6.07) is 13.8. The van der Waals surface area contributed by atoms with Crippen LogP contribution >= 0.6 is 0 Å². The van der Waals surface area contributed by atoms with E-state index < -0.39 is 0 Å². The smallest absolute Gasteiger partial charge is 0.247 e. The molecule has 7 heteroatoms. The van der Waals surface area contributed by atoms with Gasteiger partial charge in [-0.15, -0.1) is 0 Å². The Balaban J connectivity index is 1.64. The first kappa shape index (κ1) is 25.2. The van der Waals surface area contributed by atoms with Crippen molar-refractivity contribution in [2.45, 2.75) is 38.6 Å². The number of hydrogen-bond donors (Lipinski definition) is 0. The lowest BCUT2D eigenvalue weighted by molar-refractivity contribution is -0.218. The molecule has 0 N–H and O–H groups in total. The number of nitrogens with zero attached hydrogens (tertiary/aromatic N) is 1. The maximum atomic E-state index is 13.1. The molecule has 2 aromatic carbocycles. The summed E-state index contributed by atoms with van der Waals surface area (Å²) in [5.74, 6) is 1.21. The van der Waals surface area contributed by atoms with Gasteiger partial charge in [0.05, 0.1) is 40.1 Å². The van der Waals surface area contributed by atoms with E-state index in [1.54, 1.807) is 20.3 Å². The topological polar surface area (TPSA) is 66.5 Å². The van der Waals surface area contributed by atoms with E-state index in [1.807, 2.05) is 47.4 Å². The van der Waals surface area contributed by atoms with Crippen LogP contribution in [0.1, 0.15) is 49.2 Å². The van der Waals surface area contributed by atoms with Crippen LogP contribution in [-0.2, 0) is 19.0 Å². The minimum atomic E-state index is -0.363. The van der Waals surface area contributed by atoms with Gasteiger partial charge in [0.2, 0.25) is 5.91 Å². The van der Waals surface area contributed by atoms with Crippen LogP contribution in [0.2, 0.25) is 0 Å². The van der Waals surface area contributed by atoms with Crippen LogP contribution in [-0.4, -0.2) is 64.0 Å². The molecular formula is C28H35NO6. The van der Waals surface area contributed by atoms with E-state index in [4.69, 9.17) is 23.7 Å². The van der Waals surface area contributed by atoms with Crippen molar-refractivity contribution < 1.29 is 28.5 Å². The van der Waals surface area contributed by atoms with Gasteiger partial charge in [0.25, 0.3) is 0 Å². The van der Waals surface area contributed by atoms with Crippen molar-refractivity contribution in [3.63, 3.8) is 0 Å². The molecule has 2 atom stereocenters. The first-order valence-corrected chi connectivity index (χ1v) is 12.3. The average molecular weight is 482 g/mol. The number of methoxy groups -OCH3 is 2. The van der Waals surface area contributed by atoms with Crippen LogP contribution in [0.4, 0.5) is 0 Å². The van der Waals surface area contributed by atoms with Gasteiger partial charge >= 0.3 is 0 Å². The van der Waals surface area contributed by atoms with E-state index in [0.29, 0.717) is 44.4 Å². The molecule has 0 spiro atoms. The van der Waals surface area contributed by atoms with Gasteiger partial charge in [-0.25, -0.2) is 0 Å². The number of benzene rings is 2. The summed E-state index contributed by atoms with van der Waals surface area (Å²) < 4.78 is 28.4. The van der Waals surface area contributed by atoms with Gasteiger partial charge in [-0.3, -0.25) is 4.79 Å². The van der Waals surface area contributed by atoms with Gasteiger partial charge in [-0.1, -0.05) is 43.7 Å². The molecule has 0 aromatic heterocycles. The highest BCUT2D eigenvalue weighted by Gasteiger charge is 2.24. The fourth-order valence-corrected chi connectivity index (χ4v) is 4.45. The molecule has 0 saturated carbocycles. The van der Waals surface area contributed by atoms with Crippen molar-refractivity contribution in [3.8, 4) is 11.5 Å². The fraction of sp³-hybridized carbons (Fsp3) is 0.464. The first-order valence-electron chi connectivity index (χ1n) is 12.3. The molecule has 2 aliphatic rings. The van der Waals surface area contributed by atoms with Gasteiger partial charge in [-0.2, -0.15) is 0 Å². The van der Waals surface area contributed by atoms with Crippen molar-refractivity contribution in [2.75, 3.05) is 47.1 Å². The number of hydrogen-bond acceptors (Lipinski definition) is 6. The quantitative estimate of drug-likeness (QED) is 0.514. The lowest BCUT2D eigenvalue weighted by Crippen LogP contribution is -2.39. The third kappa shape index (κ3) is 6.23. The second kappa shape index (κ2) is 12.2. The van der Waals surface area contributed by atoms with E-state index in [2.05, 4.69) is 6.92 Å². The number of rotatable bonds is 8. The molecule has 0 bridgehead atoms. The van der Waals surface area contributed by atoms with Crippen LogP contribution in [0, 0.1) is 0 Å². The van der Waals surface area contributed by atoms with Crippen molar-refractivity contribution >= 4 is 11.5 Å². The van der Waals surface area contributed by atoms with Crippen LogP contribution in [0.5, 0.6) is 11.5 Å². The number of amides is 1. The molecule has 2 aromatic rings. The van der Waals surface area contributed by atoms with E-state index >= 15 is 0 Å². The Hall–Kier alpha value is -2.87. The number of carbonyl (C=O) groups excluding carboxylic acids is 1. The standard InChI is InChI=1S/C28H35NO6/c1-4-5-23-12-15-34-28(35-23)21-8-6-20(7-9-21)24(19-27(30)29-13-16-33-17-14-29)22-10-11-25(31-2)26(18-22)32-3/h6-11,18-19,23,28H,4-5,12-17H2,1-3H3. The molecule has 2 heterocycles. The monoisotopic (exact) mass is 481 g/mol. The van der Waals surface area contributed by atoms with Gasteiger partial charge in [0.1, 0.15) is 0 Å². The molecule has 35 heavy (non-hydrogen) atoms. The molecule has 2 fully saturated rings. The van der Waals surface area contributed by atoms with Crippen molar-refractivity contribution in [1.29, 1.82) is 0 Å². The third-order valence-electron chi connectivity index (χ3n) is 6.41. The van der Waals surface area contributed by atoms with E-state index in [0.717, 1.165) is 41.5 Å². The molecule has 2 aliphatic heterocycles. The maximum absolute atomic E-state index is 13.1.